The van der Waals surface area contributed by atoms with E-state index in [0.29, 0.717) is 23.7 Å². The Morgan fingerprint density at radius 2 is 1.80 bits per heavy atom. The third kappa shape index (κ3) is 5.77. The fraction of sp³-hybridized carbons (Fsp3) is 0.238. The molecule has 0 aliphatic rings. The van der Waals surface area contributed by atoms with Gasteiger partial charge in [0.15, 0.2) is 10.6 Å². The lowest BCUT2D eigenvalue weighted by molar-refractivity contribution is -0.126. The Kier molecular flexibility index (Phi) is 7.34. The smallest absolute Gasteiger partial charge is 0.239 e. The van der Waals surface area contributed by atoms with Crippen molar-refractivity contribution in [3.05, 3.63) is 64.9 Å². The Labute approximate surface area is 179 Å². The number of aromatic amines is 1. The molecule has 30 heavy (non-hydrogen) atoms. The fourth-order valence-corrected chi connectivity index (χ4v) is 3.05. The van der Waals surface area contributed by atoms with E-state index in [1.54, 1.807) is 11.7 Å². The molecular formula is C21H23N5O3S. The first-order valence-electron chi connectivity index (χ1n) is 9.44. The summed E-state index contributed by atoms with van der Waals surface area (Å²) in [4.78, 5) is 24.1. The van der Waals surface area contributed by atoms with Crippen molar-refractivity contribution in [3.8, 4) is 17.1 Å². The summed E-state index contributed by atoms with van der Waals surface area (Å²) in [5.41, 5.74) is 1.85. The maximum atomic E-state index is 12.2. The second-order valence-corrected chi connectivity index (χ2v) is 6.91. The van der Waals surface area contributed by atoms with Crippen molar-refractivity contribution >= 4 is 24.0 Å². The normalized spacial score (nSPS) is 10.4. The second-order valence-electron chi connectivity index (χ2n) is 6.52. The summed E-state index contributed by atoms with van der Waals surface area (Å²) in [5.74, 6) is 0.889. The summed E-state index contributed by atoms with van der Waals surface area (Å²) < 4.78 is 7.35. The number of nitrogens with zero attached hydrogens (tertiary/aromatic N) is 2. The molecule has 1 heterocycles. The highest BCUT2D eigenvalue weighted by Crippen LogP contribution is 2.21. The zero-order chi connectivity index (χ0) is 21.3. The lowest BCUT2D eigenvalue weighted by Gasteiger charge is -2.09. The molecule has 3 rings (SSSR count). The predicted molar refractivity (Wildman–Crippen MR) is 115 cm³/mol. The third-order valence-corrected chi connectivity index (χ3v) is 4.76. The van der Waals surface area contributed by atoms with Crippen LogP contribution in [0.3, 0.4) is 0 Å². The number of ether oxygens (including phenoxy) is 1. The van der Waals surface area contributed by atoms with Crippen LogP contribution in [0.1, 0.15) is 12.0 Å². The summed E-state index contributed by atoms with van der Waals surface area (Å²) in [7, 11) is 1.60. The van der Waals surface area contributed by atoms with Crippen LogP contribution in [0.15, 0.2) is 54.6 Å². The van der Waals surface area contributed by atoms with Crippen molar-refractivity contribution in [2.75, 3.05) is 13.7 Å². The van der Waals surface area contributed by atoms with E-state index in [1.165, 1.54) is 0 Å². The number of benzene rings is 2. The number of methoxy groups -OCH3 is 1. The van der Waals surface area contributed by atoms with Crippen molar-refractivity contribution in [3.63, 3.8) is 0 Å². The molecular weight excluding hydrogens is 402 g/mol. The maximum Gasteiger partial charge on any atom is 0.239 e. The zero-order valence-electron chi connectivity index (χ0n) is 16.6. The number of amides is 2. The molecule has 156 valence electrons. The lowest BCUT2D eigenvalue weighted by atomic mass is 10.2. The number of nitrogens with one attached hydrogen (secondary N) is 3. The topological polar surface area (TPSA) is 101 Å². The van der Waals surface area contributed by atoms with Crippen LogP contribution >= 0.6 is 12.2 Å². The minimum Gasteiger partial charge on any atom is -0.497 e. The quantitative estimate of drug-likeness (QED) is 0.457. The molecule has 2 amide bonds. The van der Waals surface area contributed by atoms with Crippen molar-refractivity contribution in [1.29, 1.82) is 0 Å². The molecule has 0 aliphatic heterocycles. The molecule has 1 aromatic heterocycles. The summed E-state index contributed by atoms with van der Waals surface area (Å²) in [6.07, 6.45) is 0.170. The van der Waals surface area contributed by atoms with Gasteiger partial charge in [0.2, 0.25) is 11.8 Å². The number of aromatic nitrogens is 3. The molecule has 0 atom stereocenters. The van der Waals surface area contributed by atoms with Crippen molar-refractivity contribution in [2.24, 2.45) is 0 Å². The SMILES string of the molecule is COc1ccc(-c2n[nH]c(=S)n2CCC(=O)NCC(=O)NCc2ccccc2)cc1. The second kappa shape index (κ2) is 10.4. The van der Waals surface area contributed by atoms with Crippen LogP contribution in [-0.4, -0.2) is 40.2 Å². The van der Waals surface area contributed by atoms with E-state index >= 15 is 0 Å². The fourth-order valence-electron chi connectivity index (χ4n) is 2.83. The van der Waals surface area contributed by atoms with E-state index in [0.717, 1.165) is 16.9 Å². The summed E-state index contributed by atoms with van der Waals surface area (Å²) in [5, 5.41) is 12.4. The number of carbonyl (C=O) groups is 2. The average molecular weight is 426 g/mol. The average Bonchev–Trinajstić information content (AvgIpc) is 3.15. The first kappa shape index (κ1) is 21.3. The van der Waals surface area contributed by atoms with Gasteiger partial charge in [-0.25, -0.2) is 0 Å². The Balaban J connectivity index is 1.49. The van der Waals surface area contributed by atoms with Crippen molar-refractivity contribution in [2.45, 2.75) is 19.5 Å². The molecule has 3 N–H and O–H groups in total. The molecule has 9 heteroatoms. The standard InChI is InChI=1S/C21H23N5O3S/c1-29-17-9-7-16(8-10-17)20-24-25-21(30)26(20)12-11-18(27)23-14-19(28)22-13-15-5-3-2-4-6-15/h2-10H,11-14H2,1H3,(H,22,28)(H,23,27)(H,25,30). The molecule has 0 saturated heterocycles. The lowest BCUT2D eigenvalue weighted by Crippen LogP contribution is -2.36. The molecule has 0 radical (unpaired) electrons. The van der Waals surface area contributed by atoms with Crippen LogP contribution in [-0.2, 0) is 22.7 Å². The zero-order valence-corrected chi connectivity index (χ0v) is 17.4. The number of rotatable bonds is 9. The molecule has 0 unspecified atom stereocenters. The first-order chi connectivity index (χ1) is 14.6. The van der Waals surface area contributed by atoms with Crippen molar-refractivity contribution in [1.82, 2.24) is 25.4 Å². The third-order valence-electron chi connectivity index (χ3n) is 4.45. The van der Waals surface area contributed by atoms with Gasteiger partial charge in [0.1, 0.15) is 5.75 Å². The first-order valence-corrected chi connectivity index (χ1v) is 9.84. The maximum absolute atomic E-state index is 12.2. The molecule has 2 aromatic carbocycles. The molecule has 0 bridgehead atoms. The highest BCUT2D eigenvalue weighted by Gasteiger charge is 2.11. The van der Waals surface area contributed by atoms with Crippen LogP contribution in [0.25, 0.3) is 11.4 Å². The van der Waals surface area contributed by atoms with Gasteiger partial charge in [-0.3, -0.25) is 19.3 Å². The van der Waals surface area contributed by atoms with Crippen LogP contribution in [0.4, 0.5) is 0 Å². The van der Waals surface area contributed by atoms with Crippen LogP contribution in [0, 0.1) is 4.77 Å². The van der Waals surface area contributed by atoms with Crippen LogP contribution in [0.5, 0.6) is 5.75 Å². The Bertz CT molecular complexity index is 1040. The number of hydrogen-bond donors (Lipinski definition) is 3. The van der Waals surface area contributed by atoms with Gasteiger partial charge < -0.3 is 15.4 Å². The van der Waals surface area contributed by atoms with Gasteiger partial charge in [0.05, 0.1) is 13.7 Å². The summed E-state index contributed by atoms with van der Waals surface area (Å²) >= 11 is 5.28. The number of hydrogen-bond acceptors (Lipinski definition) is 5. The summed E-state index contributed by atoms with van der Waals surface area (Å²) in [6.45, 7) is 0.687. The van der Waals surface area contributed by atoms with Crippen LogP contribution < -0.4 is 15.4 Å². The minimum atomic E-state index is -0.244. The van der Waals surface area contributed by atoms with Gasteiger partial charge in [-0.05, 0) is 42.0 Å². The molecule has 3 aromatic rings. The van der Waals surface area contributed by atoms with E-state index < -0.39 is 0 Å². The van der Waals surface area contributed by atoms with E-state index in [9.17, 15) is 9.59 Å². The van der Waals surface area contributed by atoms with E-state index in [2.05, 4.69) is 20.8 Å². The molecule has 0 spiro atoms. The van der Waals surface area contributed by atoms with Crippen molar-refractivity contribution < 1.29 is 14.3 Å². The summed E-state index contributed by atoms with van der Waals surface area (Å²) in [6, 6.07) is 17.0. The Morgan fingerprint density at radius 3 is 2.50 bits per heavy atom. The Morgan fingerprint density at radius 1 is 1.07 bits per heavy atom. The largest absolute Gasteiger partial charge is 0.497 e. The van der Waals surface area contributed by atoms with Gasteiger partial charge in [-0.15, -0.1) is 0 Å². The number of carbonyl (C=O) groups excluding carboxylic acids is 2. The van der Waals surface area contributed by atoms with Crippen LogP contribution in [0.2, 0.25) is 0 Å². The number of H-pyrrole nitrogens is 1. The monoisotopic (exact) mass is 425 g/mol. The highest BCUT2D eigenvalue weighted by atomic mass is 32.1. The molecule has 8 nitrogen and oxygen atoms in total. The predicted octanol–water partition coefficient (Wildman–Crippen LogP) is 2.44. The van der Waals surface area contributed by atoms with E-state index in [4.69, 9.17) is 17.0 Å². The van der Waals surface area contributed by atoms with Gasteiger partial charge in [-0.2, -0.15) is 5.10 Å². The van der Waals surface area contributed by atoms with E-state index in [-0.39, 0.29) is 24.8 Å². The molecule has 0 aliphatic carbocycles. The van der Waals surface area contributed by atoms with Gasteiger partial charge in [-0.1, -0.05) is 30.3 Å². The van der Waals surface area contributed by atoms with Gasteiger partial charge >= 0.3 is 0 Å². The van der Waals surface area contributed by atoms with Gasteiger partial charge in [0.25, 0.3) is 0 Å². The van der Waals surface area contributed by atoms with Gasteiger partial charge in [0, 0.05) is 25.1 Å². The molecule has 0 saturated carbocycles. The highest BCUT2D eigenvalue weighted by molar-refractivity contribution is 7.71. The Hall–Kier alpha value is -3.46. The van der Waals surface area contributed by atoms with E-state index in [1.807, 2.05) is 54.6 Å². The minimum absolute atomic E-state index is 0.0756. The molecule has 0 fully saturated rings.